The SMILES string of the molecule is NCP.O=C1C=C(N2CC2)C(=O)C(N2CC2)=C1N1CC1. The van der Waals surface area contributed by atoms with Gasteiger partial charge in [-0.2, -0.15) is 0 Å². The van der Waals surface area contributed by atoms with Gasteiger partial charge >= 0.3 is 0 Å². The summed E-state index contributed by atoms with van der Waals surface area (Å²) in [6.45, 7) is 5.41. The van der Waals surface area contributed by atoms with E-state index in [0.29, 0.717) is 23.4 Å². The van der Waals surface area contributed by atoms with Gasteiger partial charge in [0.05, 0.1) is 5.70 Å². The number of allylic oxidation sites excluding steroid dienone is 1. The lowest BCUT2D eigenvalue weighted by atomic mass is 10.0. The maximum atomic E-state index is 12.4. The number of carbonyl (C=O) groups excluding carboxylic acids is 2. The molecule has 7 heteroatoms. The zero-order valence-electron chi connectivity index (χ0n) is 11.3. The van der Waals surface area contributed by atoms with Crippen molar-refractivity contribution in [3.63, 3.8) is 0 Å². The lowest BCUT2D eigenvalue weighted by Crippen LogP contribution is -2.29. The van der Waals surface area contributed by atoms with Gasteiger partial charge in [0.2, 0.25) is 11.6 Å². The van der Waals surface area contributed by atoms with Crippen LogP contribution in [0, 0.1) is 0 Å². The van der Waals surface area contributed by atoms with Crippen molar-refractivity contribution in [2.75, 3.05) is 45.6 Å². The Bertz CT molecular complexity index is 516. The van der Waals surface area contributed by atoms with Crippen LogP contribution in [0.5, 0.6) is 0 Å². The van der Waals surface area contributed by atoms with Gasteiger partial charge in [0, 0.05) is 51.6 Å². The van der Waals surface area contributed by atoms with Crippen LogP contribution in [-0.4, -0.2) is 71.8 Å². The molecule has 1 atom stereocenters. The summed E-state index contributed by atoms with van der Waals surface area (Å²) in [7, 11) is 2.36. The third-order valence-electron chi connectivity index (χ3n) is 3.49. The van der Waals surface area contributed by atoms with Crippen molar-refractivity contribution >= 4 is 20.8 Å². The van der Waals surface area contributed by atoms with Gasteiger partial charge in [-0.1, -0.05) is 0 Å². The molecule has 3 heterocycles. The van der Waals surface area contributed by atoms with Crippen LogP contribution in [0.15, 0.2) is 23.2 Å². The summed E-state index contributed by atoms with van der Waals surface area (Å²) < 4.78 is 0. The highest BCUT2D eigenvalue weighted by atomic mass is 31.0. The number of carbonyl (C=O) groups is 2. The van der Waals surface area contributed by atoms with Gasteiger partial charge in [-0.05, 0) is 0 Å². The molecule has 0 radical (unpaired) electrons. The molecule has 0 bridgehead atoms. The Hall–Kier alpha value is -1.39. The van der Waals surface area contributed by atoms with Crippen LogP contribution in [0.3, 0.4) is 0 Å². The molecule has 3 aliphatic heterocycles. The highest BCUT2D eigenvalue weighted by Crippen LogP contribution is 2.33. The van der Waals surface area contributed by atoms with Gasteiger partial charge in [-0.3, -0.25) is 9.59 Å². The molecule has 1 unspecified atom stereocenters. The molecule has 1 aliphatic carbocycles. The van der Waals surface area contributed by atoms with Crippen LogP contribution >= 0.6 is 9.24 Å². The molecular weight excluding hydrogens is 275 g/mol. The van der Waals surface area contributed by atoms with Crippen LogP contribution in [0.2, 0.25) is 0 Å². The second-order valence-electron chi connectivity index (χ2n) is 5.12. The molecule has 2 N–H and O–H groups in total. The van der Waals surface area contributed by atoms with Crippen molar-refractivity contribution in [2.45, 2.75) is 0 Å². The Labute approximate surface area is 120 Å². The van der Waals surface area contributed by atoms with Crippen LogP contribution in [0.25, 0.3) is 0 Å². The van der Waals surface area contributed by atoms with Gasteiger partial charge < -0.3 is 20.4 Å². The van der Waals surface area contributed by atoms with Crippen molar-refractivity contribution in [1.29, 1.82) is 0 Å². The van der Waals surface area contributed by atoms with Gasteiger partial charge in [-0.25, -0.2) is 0 Å². The first-order valence-electron chi connectivity index (χ1n) is 6.87. The number of nitrogens with zero attached hydrogens (tertiary/aromatic N) is 3. The van der Waals surface area contributed by atoms with Crippen molar-refractivity contribution in [3.8, 4) is 0 Å². The topological polar surface area (TPSA) is 69.2 Å². The Balaban J connectivity index is 0.000000373. The fraction of sp³-hybridized carbons (Fsp3) is 0.538. The molecule has 0 aromatic heterocycles. The Morgan fingerprint density at radius 2 is 1.40 bits per heavy atom. The number of hydrogen-bond donors (Lipinski definition) is 1. The summed E-state index contributed by atoms with van der Waals surface area (Å²) >= 11 is 0. The molecular formula is C13H19N4O2P. The van der Waals surface area contributed by atoms with Crippen molar-refractivity contribution in [1.82, 2.24) is 14.7 Å². The van der Waals surface area contributed by atoms with E-state index < -0.39 is 0 Å². The Morgan fingerprint density at radius 3 is 1.85 bits per heavy atom. The van der Waals surface area contributed by atoms with Crippen molar-refractivity contribution in [2.24, 2.45) is 5.73 Å². The fourth-order valence-electron chi connectivity index (χ4n) is 2.28. The number of nitrogens with two attached hydrogens (primary N) is 1. The Kier molecular flexibility index (Phi) is 3.52. The highest BCUT2D eigenvalue weighted by Gasteiger charge is 2.43. The second-order valence-corrected chi connectivity index (χ2v) is 5.59. The molecule has 3 saturated heterocycles. The largest absolute Gasteiger partial charge is 0.365 e. The predicted octanol–water partition coefficient (Wildman–Crippen LogP) is -1.04. The molecule has 3 fully saturated rings. The predicted molar refractivity (Wildman–Crippen MR) is 78.6 cm³/mol. The van der Waals surface area contributed by atoms with E-state index in [9.17, 15) is 9.59 Å². The molecule has 4 aliphatic rings. The van der Waals surface area contributed by atoms with E-state index in [1.54, 1.807) is 0 Å². The maximum Gasteiger partial charge on any atom is 0.227 e. The highest BCUT2D eigenvalue weighted by molar-refractivity contribution is 7.16. The summed E-state index contributed by atoms with van der Waals surface area (Å²) in [5.41, 5.74) is 6.70. The summed E-state index contributed by atoms with van der Waals surface area (Å²) in [6, 6.07) is 0. The number of rotatable bonds is 3. The first kappa shape index (κ1) is 13.6. The Morgan fingerprint density at radius 1 is 0.950 bits per heavy atom. The van der Waals surface area contributed by atoms with Gasteiger partial charge in [0.25, 0.3) is 0 Å². The average Bonchev–Trinajstić information content (AvgIpc) is 3.28. The van der Waals surface area contributed by atoms with E-state index in [-0.39, 0.29) is 11.6 Å². The van der Waals surface area contributed by atoms with E-state index >= 15 is 0 Å². The minimum absolute atomic E-state index is 0.00546. The fourth-order valence-corrected chi connectivity index (χ4v) is 2.28. The normalized spacial score (nSPS) is 23.5. The summed E-state index contributed by atoms with van der Waals surface area (Å²) in [6.07, 6.45) is 2.19. The lowest BCUT2D eigenvalue weighted by molar-refractivity contribution is -0.117. The molecule has 0 amide bonds. The van der Waals surface area contributed by atoms with Crippen molar-refractivity contribution < 1.29 is 9.59 Å². The third kappa shape index (κ3) is 2.58. The summed E-state index contributed by atoms with van der Waals surface area (Å²) in [5, 5.41) is 0. The van der Waals surface area contributed by atoms with Crippen LogP contribution in [-0.2, 0) is 9.59 Å². The molecule has 0 aromatic rings. The zero-order valence-corrected chi connectivity index (χ0v) is 12.5. The van der Waals surface area contributed by atoms with Crippen LogP contribution in [0.4, 0.5) is 0 Å². The maximum absolute atomic E-state index is 12.4. The van der Waals surface area contributed by atoms with E-state index in [2.05, 4.69) is 9.24 Å². The molecule has 0 spiro atoms. The molecule has 6 nitrogen and oxygen atoms in total. The first-order valence-corrected chi connectivity index (χ1v) is 7.69. The quantitative estimate of drug-likeness (QED) is 0.407. The van der Waals surface area contributed by atoms with Gasteiger partial charge in [0.15, 0.2) is 0 Å². The third-order valence-corrected chi connectivity index (χ3v) is 3.49. The molecule has 0 aromatic carbocycles. The molecule has 20 heavy (non-hydrogen) atoms. The van der Waals surface area contributed by atoms with Crippen LogP contribution in [0.1, 0.15) is 0 Å². The monoisotopic (exact) mass is 294 g/mol. The van der Waals surface area contributed by atoms with E-state index in [0.717, 1.165) is 39.3 Å². The van der Waals surface area contributed by atoms with E-state index in [4.69, 9.17) is 5.73 Å². The minimum Gasteiger partial charge on any atom is -0.365 e. The van der Waals surface area contributed by atoms with Gasteiger partial charge in [-0.15, -0.1) is 9.24 Å². The zero-order chi connectivity index (χ0) is 14.3. The minimum atomic E-state index is 0.00546. The van der Waals surface area contributed by atoms with Crippen molar-refractivity contribution in [3.05, 3.63) is 23.2 Å². The summed E-state index contributed by atoms with van der Waals surface area (Å²) in [4.78, 5) is 30.5. The van der Waals surface area contributed by atoms with Gasteiger partial charge in [0.1, 0.15) is 11.4 Å². The molecule has 4 rings (SSSR count). The lowest BCUT2D eigenvalue weighted by Gasteiger charge is -2.21. The number of ketones is 2. The smallest absolute Gasteiger partial charge is 0.227 e. The first-order chi connectivity index (χ1) is 9.67. The average molecular weight is 294 g/mol. The van der Waals surface area contributed by atoms with E-state index in [1.807, 2.05) is 14.7 Å². The molecule has 108 valence electrons. The van der Waals surface area contributed by atoms with Crippen LogP contribution < -0.4 is 5.73 Å². The van der Waals surface area contributed by atoms with E-state index in [1.165, 1.54) is 6.08 Å². The summed E-state index contributed by atoms with van der Waals surface area (Å²) in [5.74, 6) is 0.0485. The standard InChI is InChI=1S/C12H13N3O2.CH6NP/c16-9-7-8(13-1-2-13)12(17)11(15-5-6-15)10(9)14-3-4-14;2-1-3/h7H,1-6H2;1-3H2. The molecule has 0 saturated carbocycles. The number of hydrogen-bond acceptors (Lipinski definition) is 6. The number of Topliss-reactive ketones (excluding diaryl/α,β-unsaturated/α-hetero) is 1. The second kappa shape index (κ2) is 5.19.